The Morgan fingerprint density at radius 2 is 1.82 bits per heavy atom. The molecular weight excluding hydrogens is 367 g/mol. The number of methoxy groups -OCH3 is 1. The molecule has 0 aromatic heterocycles. The largest absolute Gasteiger partial charge is 0.494 e. The third-order valence-electron chi connectivity index (χ3n) is 3.63. The van der Waals surface area contributed by atoms with Crippen LogP contribution in [-0.4, -0.2) is 32.1 Å². The predicted octanol–water partition coefficient (Wildman–Crippen LogP) is 2.59. The van der Waals surface area contributed by atoms with Crippen LogP contribution in [0.5, 0.6) is 5.75 Å². The van der Waals surface area contributed by atoms with Gasteiger partial charge in [-0.05, 0) is 23.8 Å². The first-order valence-electron chi connectivity index (χ1n) is 8.24. The van der Waals surface area contributed by atoms with Gasteiger partial charge in [0, 0.05) is 18.7 Å². The molecule has 0 radical (unpaired) electrons. The minimum Gasteiger partial charge on any atom is -0.494 e. The van der Waals surface area contributed by atoms with Crippen LogP contribution in [0.1, 0.15) is 17.2 Å². The maximum Gasteiger partial charge on any atom is 0.331 e. The fraction of sp³-hybridized carbons (Fsp3) is 0.150. The lowest BCUT2D eigenvalue weighted by Gasteiger charge is -2.16. The number of hydrogen-bond donors (Lipinski definition) is 2. The number of esters is 1. The summed E-state index contributed by atoms with van der Waals surface area (Å²) in [7, 11) is 2.70. The van der Waals surface area contributed by atoms with E-state index in [1.165, 1.54) is 32.4 Å². The summed E-state index contributed by atoms with van der Waals surface area (Å²) in [5.74, 6) is -2.14. The molecule has 8 heteroatoms. The summed E-state index contributed by atoms with van der Waals surface area (Å²) >= 11 is 0. The van der Waals surface area contributed by atoms with Gasteiger partial charge in [0.2, 0.25) is 6.10 Å². The summed E-state index contributed by atoms with van der Waals surface area (Å²) < 4.78 is 23.7. The molecule has 0 aliphatic carbocycles. The van der Waals surface area contributed by atoms with Crippen LogP contribution in [0.4, 0.5) is 9.18 Å². The molecule has 28 heavy (non-hydrogen) atoms. The Kier molecular flexibility index (Phi) is 7.27. The molecule has 2 aromatic carbocycles. The molecule has 7 nitrogen and oxygen atoms in total. The van der Waals surface area contributed by atoms with Gasteiger partial charge in [-0.15, -0.1) is 0 Å². The Balaban J connectivity index is 2.14. The maximum atomic E-state index is 13.7. The van der Waals surface area contributed by atoms with Crippen molar-refractivity contribution in [2.45, 2.75) is 6.10 Å². The molecule has 3 amide bonds. The minimum absolute atomic E-state index is 0.0785. The number of nitrogens with one attached hydrogen (secondary N) is 2. The quantitative estimate of drug-likeness (QED) is 0.588. The van der Waals surface area contributed by atoms with E-state index in [1.807, 2.05) is 0 Å². The van der Waals surface area contributed by atoms with E-state index >= 15 is 0 Å². The molecule has 0 fully saturated rings. The van der Waals surface area contributed by atoms with Gasteiger partial charge in [-0.1, -0.05) is 36.4 Å². The highest BCUT2D eigenvalue weighted by Gasteiger charge is 2.25. The second-order valence-corrected chi connectivity index (χ2v) is 5.52. The highest BCUT2D eigenvalue weighted by atomic mass is 19.1. The van der Waals surface area contributed by atoms with Crippen molar-refractivity contribution in [1.29, 1.82) is 0 Å². The lowest BCUT2D eigenvalue weighted by Crippen LogP contribution is -2.41. The van der Waals surface area contributed by atoms with Crippen molar-refractivity contribution in [3.8, 4) is 5.75 Å². The zero-order valence-corrected chi connectivity index (χ0v) is 15.3. The fourth-order valence-corrected chi connectivity index (χ4v) is 2.25. The first kappa shape index (κ1) is 20.6. The van der Waals surface area contributed by atoms with Crippen LogP contribution in [0.2, 0.25) is 0 Å². The third kappa shape index (κ3) is 5.66. The molecule has 2 aromatic rings. The number of carbonyl (C=O) groups excluding carboxylic acids is 3. The topological polar surface area (TPSA) is 93.7 Å². The molecule has 0 heterocycles. The Morgan fingerprint density at radius 1 is 1.11 bits per heavy atom. The minimum atomic E-state index is -1.33. The number of urea groups is 1. The second-order valence-electron chi connectivity index (χ2n) is 5.52. The van der Waals surface area contributed by atoms with Crippen LogP contribution in [0, 0.1) is 5.82 Å². The summed E-state index contributed by atoms with van der Waals surface area (Å²) in [5.41, 5.74) is 0.794. The van der Waals surface area contributed by atoms with Gasteiger partial charge in [0.1, 0.15) is 0 Å². The highest BCUT2D eigenvalue weighted by molar-refractivity contribution is 5.98. The Bertz CT molecular complexity index is 883. The zero-order valence-electron chi connectivity index (χ0n) is 15.3. The van der Waals surface area contributed by atoms with Crippen molar-refractivity contribution in [3.63, 3.8) is 0 Å². The number of imide groups is 1. The van der Waals surface area contributed by atoms with Gasteiger partial charge in [-0.2, -0.15) is 0 Å². The third-order valence-corrected chi connectivity index (χ3v) is 3.63. The zero-order chi connectivity index (χ0) is 20.5. The standard InChI is InChI=1S/C20H19FN2O5/c1-22-20(26)23-19(25)18(14-6-4-3-5-7-14)28-17(24)11-9-13-8-10-16(27-2)15(21)12-13/h3-12,18H,1-2H3,(H2,22,23,25,26)/b11-9+/t18-/m0/s1. The van der Waals surface area contributed by atoms with Gasteiger partial charge in [-0.3, -0.25) is 10.1 Å². The number of amides is 3. The van der Waals surface area contributed by atoms with E-state index in [1.54, 1.807) is 36.4 Å². The molecule has 0 saturated carbocycles. The van der Waals surface area contributed by atoms with Crippen molar-refractivity contribution in [3.05, 3.63) is 71.6 Å². The molecule has 146 valence electrons. The van der Waals surface area contributed by atoms with Gasteiger partial charge < -0.3 is 14.8 Å². The first-order valence-corrected chi connectivity index (χ1v) is 8.24. The lowest BCUT2D eigenvalue weighted by molar-refractivity contribution is -0.151. The normalized spacial score (nSPS) is 11.5. The fourth-order valence-electron chi connectivity index (χ4n) is 2.25. The number of hydrogen-bond acceptors (Lipinski definition) is 5. The highest BCUT2D eigenvalue weighted by Crippen LogP contribution is 2.20. The Labute approximate surface area is 161 Å². The molecular formula is C20H19FN2O5. The summed E-state index contributed by atoms with van der Waals surface area (Å²) in [6, 6.07) is 11.7. The van der Waals surface area contributed by atoms with Crippen LogP contribution >= 0.6 is 0 Å². The molecule has 0 bridgehead atoms. The SMILES string of the molecule is CNC(=O)NC(=O)[C@@H](OC(=O)/C=C/c1ccc(OC)c(F)c1)c1ccccc1. The molecule has 2 rings (SSSR count). The predicted molar refractivity (Wildman–Crippen MR) is 99.9 cm³/mol. The summed E-state index contributed by atoms with van der Waals surface area (Å²) in [4.78, 5) is 35.9. The molecule has 0 aliphatic rings. The molecule has 0 aliphatic heterocycles. The van der Waals surface area contributed by atoms with Gasteiger partial charge >= 0.3 is 12.0 Å². The van der Waals surface area contributed by atoms with E-state index in [-0.39, 0.29) is 5.75 Å². The second kappa shape index (κ2) is 9.86. The van der Waals surface area contributed by atoms with Crippen molar-refractivity contribution in [2.75, 3.05) is 14.2 Å². The van der Waals surface area contributed by atoms with Gasteiger partial charge in [-0.25, -0.2) is 14.0 Å². The lowest BCUT2D eigenvalue weighted by atomic mass is 10.1. The van der Waals surface area contributed by atoms with Crippen LogP contribution in [0.15, 0.2) is 54.6 Å². The number of carbonyl (C=O) groups is 3. The van der Waals surface area contributed by atoms with E-state index in [9.17, 15) is 18.8 Å². The van der Waals surface area contributed by atoms with Crippen molar-refractivity contribution in [2.24, 2.45) is 0 Å². The van der Waals surface area contributed by atoms with Crippen molar-refractivity contribution < 1.29 is 28.2 Å². The summed E-state index contributed by atoms with van der Waals surface area (Å²) in [6.07, 6.45) is 1.07. The van der Waals surface area contributed by atoms with E-state index in [0.29, 0.717) is 11.1 Å². The van der Waals surface area contributed by atoms with Crippen LogP contribution < -0.4 is 15.4 Å². The number of rotatable bonds is 6. The smallest absolute Gasteiger partial charge is 0.331 e. The van der Waals surface area contributed by atoms with Crippen LogP contribution in [0.3, 0.4) is 0 Å². The van der Waals surface area contributed by atoms with E-state index in [2.05, 4.69) is 10.6 Å². The van der Waals surface area contributed by atoms with E-state index in [4.69, 9.17) is 9.47 Å². The first-order chi connectivity index (χ1) is 13.4. The van der Waals surface area contributed by atoms with Crippen molar-refractivity contribution >= 4 is 24.0 Å². The summed E-state index contributed by atoms with van der Waals surface area (Å²) in [6.45, 7) is 0. The molecule has 1 atom stereocenters. The van der Waals surface area contributed by atoms with Gasteiger partial charge in [0.15, 0.2) is 11.6 Å². The molecule has 0 unspecified atom stereocenters. The number of halogens is 1. The van der Waals surface area contributed by atoms with Crippen molar-refractivity contribution in [1.82, 2.24) is 10.6 Å². The number of benzene rings is 2. The Hall–Kier alpha value is -3.68. The summed E-state index contributed by atoms with van der Waals surface area (Å²) in [5, 5.41) is 4.32. The van der Waals surface area contributed by atoms with Crippen LogP contribution in [-0.2, 0) is 14.3 Å². The maximum absolute atomic E-state index is 13.7. The monoisotopic (exact) mass is 386 g/mol. The van der Waals surface area contributed by atoms with E-state index < -0.39 is 29.8 Å². The van der Waals surface area contributed by atoms with E-state index in [0.717, 1.165) is 6.08 Å². The van der Waals surface area contributed by atoms with Gasteiger partial charge in [0.05, 0.1) is 7.11 Å². The Morgan fingerprint density at radius 3 is 2.43 bits per heavy atom. The molecule has 2 N–H and O–H groups in total. The average molecular weight is 386 g/mol. The average Bonchev–Trinajstić information content (AvgIpc) is 2.71. The van der Waals surface area contributed by atoms with Gasteiger partial charge in [0.25, 0.3) is 5.91 Å². The van der Waals surface area contributed by atoms with Crippen LogP contribution in [0.25, 0.3) is 6.08 Å². The number of ether oxygens (including phenoxy) is 2. The molecule has 0 saturated heterocycles. The molecule has 0 spiro atoms.